The summed E-state index contributed by atoms with van der Waals surface area (Å²) in [6.45, 7) is 2.38. The third-order valence-electron chi connectivity index (χ3n) is 11.2. The van der Waals surface area contributed by atoms with E-state index < -0.39 is 0 Å². The number of fused-ring (bicyclic) bond motifs is 10. The fourth-order valence-electron chi connectivity index (χ4n) is 8.86. The second kappa shape index (κ2) is 11.2. The average molecular weight is 667 g/mol. The van der Waals surface area contributed by atoms with Gasteiger partial charge in [0.05, 0.1) is 21.9 Å². The molecule has 3 nitrogen and oxygen atoms in total. The number of hydrogen-bond acceptors (Lipinski definition) is 1. The Hall–Kier alpha value is -6.58. The molecular formula is C49H34N2O. The lowest BCUT2D eigenvalue weighted by Crippen LogP contribution is -2.34. The van der Waals surface area contributed by atoms with E-state index in [9.17, 15) is 0 Å². The maximum atomic E-state index is 6.84. The molecular weight excluding hydrogens is 633 g/mol. The zero-order valence-electron chi connectivity index (χ0n) is 28.7. The van der Waals surface area contributed by atoms with Crippen molar-refractivity contribution in [1.82, 2.24) is 9.13 Å². The van der Waals surface area contributed by atoms with Gasteiger partial charge in [0.1, 0.15) is 5.58 Å². The number of furan rings is 1. The van der Waals surface area contributed by atoms with Crippen LogP contribution in [0.25, 0.3) is 89.3 Å². The number of aromatic nitrogens is 2. The molecule has 10 aromatic rings. The first-order valence-corrected chi connectivity index (χ1v) is 18.1. The van der Waals surface area contributed by atoms with Gasteiger partial charge in [-0.2, -0.15) is 0 Å². The Morgan fingerprint density at radius 2 is 1.10 bits per heavy atom. The van der Waals surface area contributed by atoms with Gasteiger partial charge in [0, 0.05) is 49.4 Å². The molecule has 0 aliphatic heterocycles. The van der Waals surface area contributed by atoms with E-state index in [0.29, 0.717) is 0 Å². The third kappa shape index (κ3) is 4.20. The van der Waals surface area contributed by atoms with Crippen LogP contribution >= 0.6 is 0 Å². The predicted octanol–water partition coefficient (Wildman–Crippen LogP) is 11.3. The van der Waals surface area contributed by atoms with Crippen LogP contribution < -0.4 is 10.6 Å². The molecule has 0 saturated carbocycles. The van der Waals surface area contributed by atoms with Gasteiger partial charge in [-0.3, -0.25) is 0 Å². The monoisotopic (exact) mass is 666 g/mol. The lowest BCUT2D eigenvalue weighted by atomic mass is 9.81. The molecule has 7 aromatic carbocycles. The van der Waals surface area contributed by atoms with Crippen LogP contribution in [0.1, 0.15) is 18.4 Å². The van der Waals surface area contributed by atoms with Crippen LogP contribution in [0, 0.1) is 5.92 Å². The zero-order valence-corrected chi connectivity index (χ0v) is 28.7. The van der Waals surface area contributed by atoms with Crippen LogP contribution in [0.2, 0.25) is 0 Å². The Morgan fingerprint density at radius 1 is 0.500 bits per heavy atom. The predicted molar refractivity (Wildman–Crippen MR) is 217 cm³/mol. The molecule has 1 aliphatic rings. The fraction of sp³-hybridized carbons (Fsp3) is 0.0612. The molecule has 2 atom stereocenters. The van der Waals surface area contributed by atoms with Crippen molar-refractivity contribution >= 4 is 66.8 Å². The molecule has 0 bridgehead atoms. The molecule has 52 heavy (non-hydrogen) atoms. The molecule has 0 spiro atoms. The van der Waals surface area contributed by atoms with Crippen LogP contribution in [0.15, 0.2) is 168 Å². The van der Waals surface area contributed by atoms with Crippen LogP contribution in [0.5, 0.6) is 0 Å². The normalized spacial score (nSPS) is 15.7. The van der Waals surface area contributed by atoms with Gasteiger partial charge in [-0.25, -0.2) is 0 Å². The Kier molecular flexibility index (Phi) is 6.29. The van der Waals surface area contributed by atoms with Crippen LogP contribution in [-0.4, -0.2) is 9.13 Å². The summed E-state index contributed by atoms with van der Waals surface area (Å²) in [7, 11) is 0. The molecule has 3 heterocycles. The molecule has 0 N–H and O–H groups in total. The summed E-state index contributed by atoms with van der Waals surface area (Å²) in [5.41, 5.74) is 11.4. The number of hydrogen-bond donors (Lipinski definition) is 0. The highest BCUT2D eigenvalue weighted by molar-refractivity contribution is 6.23. The first kappa shape index (κ1) is 29.2. The maximum Gasteiger partial charge on any atom is 0.160 e. The summed E-state index contributed by atoms with van der Waals surface area (Å²) in [6, 6.07) is 58.9. The standard InChI is InChI=1S/C49H34N2O/c1-31-28-45-40(36-18-8-11-21-43(36)50(45)34-16-6-3-7-17-34)29-39(31)41-30-42-37-19-10-13-23-46(37)52-49(42)48-47(41)38-20-9-12-22-44(38)51(48)35-26-24-33(25-27-35)32-14-4-2-5-15-32/h2-31,39H,1H3. The lowest BCUT2D eigenvalue weighted by Gasteiger charge is -2.23. The summed E-state index contributed by atoms with van der Waals surface area (Å²) in [4.78, 5) is 0. The van der Waals surface area contributed by atoms with Crippen molar-refractivity contribution < 1.29 is 4.42 Å². The minimum Gasteiger partial charge on any atom is -0.454 e. The van der Waals surface area contributed by atoms with Gasteiger partial charge < -0.3 is 13.6 Å². The van der Waals surface area contributed by atoms with E-state index in [1.807, 2.05) is 0 Å². The van der Waals surface area contributed by atoms with Gasteiger partial charge in [0.2, 0.25) is 0 Å². The largest absolute Gasteiger partial charge is 0.454 e. The molecule has 0 fully saturated rings. The molecule has 0 saturated heterocycles. The van der Waals surface area contributed by atoms with Gasteiger partial charge in [-0.1, -0.05) is 134 Å². The van der Waals surface area contributed by atoms with Crippen molar-refractivity contribution in [2.45, 2.75) is 12.8 Å². The zero-order chi connectivity index (χ0) is 34.3. The Bertz CT molecular complexity index is 3130. The Labute approximate surface area is 300 Å². The molecule has 246 valence electrons. The van der Waals surface area contributed by atoms with Gasteiger partial charge >= 0.3 is 0 Å². The molecule has 0 amide bonds. The average Bonchev–Trinajstić information content (AvgIpc) is 3.86. The number of benzene rings is 7. The van der Waals surface area contributed by atoms with Crippen molar-refractivity contribution in [3.05, 3.63) is 180 Å². The fourth-order valence-corrected chi connectivity index (χ4v) is 8.86. The van der Waals surface area contributed by atoms with Crippen molar-refractivity contribution in [3.63, 3.8) is 0 Å². The van der Waals surface area contributed by atoms with E-state index in [-0.39, 0.29) is 11.8 Å². The molecule has 0 radical (unpaired) electrons. The summed E-state index contributed by atoms with van der Waals surface area (Å²) in [5.74, 6) is 0.383. The van der Waals surface area contributed by atoms with E-state index in [2.05, 4.69) is 192 Å². The van der Waals surface area contributed by atoms with Crippen molar-refractivity contribution in [2.75, 3.05) is 0 Å². The minimum atomic E-state index is 0.141. The second-order valence-electron chi connectivity index (χ2n) is 14.1. The quantitative estimate of drug-likeness (QED) is 0.183. The number of nitrogens with zero attached hydrogens (tertiary/aromatic N) is 2. The van der Waals surface area contributed by atoms with E-state index in [4.69, 9.17) is 4.42 Å². The first-order chi connectivity index (χ1) is 25.7. The van der Waals surface area contributed by atoms with Gasteiger partial charge in [0.25, 0.3) is 0 Å². The SMILES string of the molecule is CC1C=c2c(c3ccccc3n2-c2ccccc2)=CC1c1cc2c3ccccc3oc2c2c1c1ccccc1n2-c1ccc(-c2ccccc2)cc1. The van der Waals surface area contributed by atoms with Crippen molar-refractivity contribution in [2.24, 2.45) is 5.92 Å². The molecule has 11 rings (SSSR count). The third-order valence-corrected chi connectivity index (χ3v) is 11.2. The van der Waals surface area contributed by atoms with E-state index in [1.54, 1.807) is 0 Å². The lowest BCUT2D eigenvalue weighted by molar-refractivity contribution is 0.670. The highest BCUT2D eigenvalue weighted by atomic mass is 16.3. The topological polar surface area (TPSA) is 23.0 Å². The van der Waals surface area contributed by atoms with Crippen molar-refractivity contribution in [3.8, 4) is 22.5 Å². The highest BCUT2D eigenvalue weighted by Crippen LogP contribution is 2.46. The molecule has 1 aliphatic carbocycles. The summed E-state index contributed by atoms with van der Waals surface area (Å²) in [5, 5.41) is 8.63. The van der Waals surface area contributed by atoms with Gasteiger partial charge in [-0.15, -0.1) is 0 Å². The highest BCUT2D eigenvalue weighted by Gasteiger charge is 2.29. The van der Waals surface area contributed by atoms with Crippen LogP contribution in [-0.2, 0) is 0 Å². The second-order valence-corrected chi connectivity index (χ2v) is 14.1. The summed E-state index contributed by atoms with van der Waals surface area (Å²) in [6.07, 6.45) is 5.05. The van der Waals surface area contributed by atoms with Crippen LogP contribution in [0.3, 0.4) is 0 Å². The summed E-state index contributed by atoms with van der Waals surface area (Å²) < 4.78 is 11.7. The molecule has 3 heteroatoms. The van der Waals surface area contributed by atoms with Gasteiger partial charge in [-0.05, 0) is 71.1 Å². The van der Waals surface area contributed by atoms with Gasteiger partial charge in [0.15, 0.2) is 5.58 Å². The minimum absolute atomic E-state index is 0.141. The summed E-state index contributed by atoms with van der Waals surface area (Å²) >= 11 is 0. The van der Waals surface area contributed by atoms with Crippen molar-refractivity contribution in [1.29, 1.82) is 0 Å². The molecule has 2 unspecified atom stereocenters. The Morgan fingerprint density at radius 3 is 1.87 bits per heavy atom. The van der Waals surface area contributed by atoms with E-state index in [0.717, 1.165) is 33.1 Å². The Balaban J connectivity index is 1.23. The van der Waals surface area contributed by atoms with E-state index in [1.165, 1.54) is 60.1 Å². The molecule has 3 aromatic heterocycles. The smallest absolute Gasteiger partial charge is 0.160 e. The first-order valence-electron chi connectivity index (χ1n) is 18.1. The van der Waals surface area contributed by atoms with E-state index >= 15 is 0 Å². The van der Waals surface area contributed by atoms with Crippen LogP contribution in [0.4, 0.5) is 0 Å². The number of rotatable bonds is 4. The maximum absolute atomic E-state index is 6.84. The number of para-hydroxylation sites is 4.